The molecule has 34 heavy (non-hydrogen) atoms. The molecule has 0 aliphatic carbocycles. The zero-order valence-electron chi connectivity index (χ0n) is 18.8. The Kier molecular flexibility index (Phi) is 4.51. The van der Waals surface area contributed by atoms with Crippen molar-refractivity contribution in [2.24, 2.45) is 7.05 Å². The fourth-order valence-corrected chi connectivity index (χ4v) is 5.62. The van der Waals surface area contributed by atoms with Gasteiger partial charge in [-0.3, -0.25) is 14.3 Å². The zero-order valence-corrected chi connectivity index (χ0v) is 18.8. The maximum Gasteiger partial charge on any atom is 0.292 e. The lowest BCUT2D eigenvalue weighted by Gasteiger charge is -2.38. The highest BCUT2D eigenvalue weighted by atomic mass is 16.2. The molecule has 1 amide bonds. The molecule has 0 saturated carbocycles. The standard InChI is InChI=1S/C22H24N10O2/c1-11(33)17-18(28-21-16(8-27-32(21)19(17)23)13-7-26-30(2)9-13)12-5-14-3-4-15(6-12)31(14)22(34)20-24-10-25-29-20/h7-10,12,14-15H,3-6,23H2,1-2H3,(H,24,25,29)/t12-,14+,15-. The number of carbonyl (C=O) groups excluding carboxylic acids is 2. The number of aromatic amines is 1. The number of nitrogens with one attached hydrogen (secondary N) is 1. The van der Waals surface area contributed by atoms with Gasteiger partial charge in [0.2, 0.25) is 5.82 Å². The Bertz CT molecular complexity index is 1410. The molecule has 174 valence electrons. The van der Waals surface area contributed by atoms with Crippen LogP contribution in [-0.2, 0) is 7.05 Å². The van der Waals surface area contributed by atoms with Crippen molar-refractivity contribution in [1.82, 2.24) is 44.5 Å². The number of hydrogen-bond acceptors (Lipinski definition) is 8. The van der Waals surface area contributed by atoms with Crippen molar-refractivity contribution >= 4 is 23.2 Å². The third kappa shape index (κ3) is 3.01. The average molecular weight is 461 g/mol. The van der Waals surface area contributed by atoms with Gasteiger partial charge in [0.25, 0.3) is 5.91 Å². The Labute approximate surface area is 194 Å². The normalized spacial score (nSPS) is 21.9. The number of hydrogen-bond donors (Lipinski definition) is 2. The largest absolute Gasteiger partial charge is 0.383 e. The molecular weight excluding hydrogens is 436 g/mol. The van der Waals surface area contributed by atoms with E-state index in [1.54, 1.807) is 17.1 Å². The summed E-state index contributed by atoms with van der Waals surface area (Å²) in [5, 5.41) is 16.3. The molecule has 2 fully saturated rings. The van der Waals surface area contributed by atoms with E-state index in [4.69, 9.17) is 10.7 Å². The van der Waals surface area contributed by atoms with Crippen LogP contribution in [0.3, 0.4) is 0 Å². The van der Waals surface area contributed by atoms with Gasteiger partial charge in [-0.1, -0.05) is 0 Å². The van der Waals surface area contributed by atoms with E-state index in [1.807, 2.05) is 18.1 Å². The number of piperidine rings is 1. The molecule has 4 aromatic rings. The van der Waals surface area contributed by atoms with Gasteiger partial charge in [-0.15, -0.1) is 10.2 Å². The van der Waals surface area contributed by atoms with Gasteiger partial charge in [-0.05, 0) is 32.6 Å². The number of aryl methyl sites for hydroxylation is 1. The molecule has 12 heteroatoms. The number of aromatic nitrogens is 8. The lowest BCUT2D eigenvalue weighted by molar-refractivity contribution is 0.0556. The number of nitrogens with two attached hydrogens (primary N) is 1. The molecule has 0 aromatic carbocycles. The highest BCUT2D eigenvalue weighted by molar-refractivity contribution is 6.00. The van der Waals surface area contributed by atoms with Crippen molar-refractivity contribution in [3.05, 3.63) is 42.0 Å². The molecule has 2 bridgehead atoms. The molecule has 3 N–H and O–H groups in total. The molecule has 6 heterocycles. The average Bonchev–Trinajstić information content (AvgIpc) is 3.59. The van der Waals surface area contributed by atoms with Crippen LogP contribution in [0.15, 0.2) is 24.9 Å². The molecule has 2 aliphatic rings. The number of rotatable bonds is 4. The minimum Gasteiger partial charge on any atom is -0.383 e. The maximum absolute atomic E-state index is 13.0. The molecule has 2 saturated heterocycles. The van der Waals surface area contributed by atoms with Gasteiger partial charge in [0.1, 0.15) is 12.1 Å². The van der Waals surface area contributed by atoms with Gasteiger partial charge in [0, 0.05) is 42.4 Å². The predicted molar refractivity (Wildman–Crippen MR) is 121 cm³/mol. The topological polar surface area (TPSA) is 153 Å². The number of nitrogen functional groups attached to an aromatic ring is 1. The van der Waals surface area contributed by atoms with E-state index in [-0.39, 0.29) is 41.3 Å². The first kappa shape index (κ1) is 20.5. The third-order valence-corrected chi connectivity index (χ3v) is 7.05. The summed E-state index contributed by atoms with van der Waals surface area (Å²) < 4.78 is 3.24. The molecule has 2 aliphatic heterocycles. The van der Waals surface area contributed by atoms with Crippen LogP contribution in [0.4, 0.5) is 5.82 Å². The van der Waals surface area contributed by atoms with Crippen molar-refractivity contribution in [1.29, 1.82) is 0 Å². The van der Waals surface area contributed by atoms with Gasteiger partial charge in [0.05, 0.1) is 23.7 Å². The van der Waals surface area contributed by atoms with Crippen LogP contribution in [0.25, 0.3) is 16.8 Å². The number of fused-ring (bicyclic) bond motifs is 3. The minimum absolute atomic E-state index is 0.000811. The number of ketones is 1. The molecule has 6 rings (SSSR count). The van der Waals surface area contributed by atoms with Crippen LogP contribution >= 0.6 is 0 Å². The second-order valence-electron chi connectivity index (χ2n) is 9.11. The van der Waals surface area contributed by atoms with E-state index in [0.717, 1.165) is 24.0 Å². The Morgan fingerprint density at radius 2 is 1.91 bits per heavy atom. The number of Topliss-reactive ketones (excluding diaryl/α,β-unsaturated/α-hetero) is 1. The summed E-state index contributed by atoms with van der Waals surface area (Å²) >= 11 is 0. The van der Waals surface area contributed by atoms with Gasteiger partial charge in [-0.2, -0.15) is 14.7 Å². The summed E-state index contributed by atoms with van der Waals surface area (Å²) in [6.45, 7) is 1.51. The smallest absolute Gasteiger partial charge is 0.292 e. The SMILES string of the molecule is CC(=O)c1c([C@H]2C[C@H]3CC[C@@H](C2)N3C(=O)c2nnc[nH]2)nc2c(-c3cnn(C)c3)cnn2c1N. The highest BCUT2D eigenvalue weighted by Gasteiger charge is 2.45. The first-order valence-electron chi connectivity index (χ1n) is 11.3. The van der Waals surface area contributed by atoms with E-state index in [1.165, 1.54) is 17.8 Å². The lowest BCUT2D eigenvalue weighted by atomic mass is 9.85. The Hall–Kier alpha value is -4.09. The fraction of sp³-hybridized carbons (Fsp3) is 0.409. The first-order valence-corrected chi connectivity index (χ1v) is 11.3. The molecule has 3 atom stereocenters. The summed E-state index contributed by atoms with van der Waals surface area (Å²) in [5.41, 5.74) is 9.85. The predicted octanol–water partition coefficient (Wildman–Crippen LogP) is 1.58. The quantitative estimate of drug-likeness (QED) is 0.435. The van der Waals surface area contributed by atoms with Gasteiger partial charge in [0.15, 0.2) is 11.4 Å². The van der Waals surface area contributed by atoms with E-state index in [0.29, 0.717) is 29.7 Å². The van der Waals surface area contributed by atoms with Crippen LogP contribution in [0.5, 0.6) is 0 Å². The first-order chi connectivity index (χ1) is 16.4. The highest BCUT2D eigenvalue weighted by Crippen LogP contribution is 2.45. The summed E-state index contributed by atoms with van der Waals surface area (Å²) in [6.07, 6.45) is 9.97. The van der Waals surface area contributed by atoms with Crippen LogP contribution in [0.2, 0.25) is 0 Å². The number of amides is 1. The summed E-state index contributed by atoms with van der Waals surface area (Å²) in [5.74, 6) is 0.263. The Balaban J connectivity index is 1.42. The van der Waals surface area contributed by atoms with Crippen molar-refractivity contribution in [3.8, 4) is 11.1 Å². The number of nitrogens with zero attached hydrogens (tertiary/aromatic N) is 8. The van der Waals surface area contributed by atoms with Crippen molar-refractivity contribution in [2.45, 2.75) is 50.6 Å². The number of anilines is 1. The third-order valence-electron chi connectivity index (χ3n) is 7.05. The number of carbonyl (C=O) groups is 2. The monoisotopic (exact) mass is 460 g/mol. The van der Waals surface area contributed by atoms with Crippen LogP contribution < -0.4 is 5.73 Å². The molecule has 4 aromatic heterocycles. The Morgan fingerprint density at radius 1 is 1.15 bits per heavy atom. The summed E-state index contributed by atoms with van der Waals surface area (Å²) in [4.78, 5) is 35.4. The summed E-state index contributed by atoms with van der Waals surface area (Å²) in [6, 6.07) is 0.0891. The molecule has 0 radical (unpaired) electrons. The molecular formula is C22H24N10O2. The van der Waals surface area contributed by atoms with Gasteiger partial charge < -0.3 is 15.6 Å². The van der Waals surface area contributed by atoms with Crippen molar-refractivity contribution in [3.63, 3.8) is 0 Å². The summed E-state index contributed by atoms with van der Waals surface area (Å²) in [7, 11) is 1.85. The van der Waals surface area contributed by atoms with Gasteiger partial charge in [-0.25, -0.2) is 4.98 Å². The van der Waals surface area contributed by atoms with E-state index in [2.05, 4.69) is 25.4 Å². The van der Waals surface area contributed by atoms with E-state index >= 15 is 0 Å². The van der Waals surface area contributed by atoms with Crippen molar-refractivity contribution in [2.75, 3.05) is 5.73 Å². The Morgan fingerprint density at radius 3 is 2.53 bits per heavy atom. The second kappa shape index (κ2) is 7.47. The molecule has 0 unspecified atom stereocenters. The van der Waals surface area contributed by atoms with Crippen LogP contribution in [0, 0.1) is 0 Å². The zero-order chi connectivity index (χ0) is 23.6. The number of H-pyrrole nitrogens is 1. The molecule has 0 spiro atoms. The minimum atomic E-state index is -0.146. The van der Waals surface area contributed by atoms with E-state index in [9.17, 15) is 9.59 Å². The maximum atomic E-state index is 13.0. The van der Waals surface area contributed by atoms with Crippen LogP contribution in [-0.4, -0.2) is 68.2 Å². The second-order valence-corrected chi connectivity index (χ2v) is 9.11. The lowest BCUT2D eigenvalue weighted by Crippen LogP contribution is -2.46. The fourth-order valence-electron chi connectivity index (χ4n) is 5.62. The van der Waals surface area contributed by atoms with Crippen LogP contribution in [0.1, 0.15) is 65.2 Å². The van der Waals surface area contributed by atoms with Crippen molar-refractivity contribution < 1.29 is 9.59 Å². The van der Waals surface area contributed by atoms with Gasteiger partial charge >= 0.3 is 0 Å². The molecule has 12 nitrogen and oxygen atoms in total. The van der Waals surface area contributed by atoms with E-state index < -0.39 is 0 Å².